The van der Waals surface area contributed by atoms with Gasteiger partial charge in [-0.1, -0.05) is 13.3 Å². The molecule has 1 heterocycles. The van der Waals surface area contributed by atoms with Gasteiger partial charge in [0.05, 0.1) is 12.2 Å². The molecule has 0 bridgehead atoms. The predicted octanol–water partition coefficient (Wildman–Crippen LogP) is 3.49. The molecule has 17 heavy (non-hydrogen) atoms. The topological polar surface area (TPSA) is 35.2 Å². The van der Waals surface area contributed by atoms with E-state index in [1.165, 1.54) is 51.4 Å². The number of ether oxygens (including phenoxy) is 1. The van der Waals surface area contributed by atoms with E-state index in [9.17, 15) is 0 Å². The first-order valence-corrected chi connectivity index (χ1v) is 7.53. The molecule has 2 unspecified atom stereocenters. The average molecular weight is 239 g/mol. The minimum Gasteiger partial charge on any atom is -0.375 e. The van der Waals surface area contributed by atoms with Crippen molar-refractivity contribution in [2.45, 2.75) is 77.4 Å². The molecule has 0 spiro atoms. The minimum absolute atomic E-state index is 0.403. The molecule has 2 N–H and O–H groups in total. The van der Waals surface area contributed by atoms with Gasteiger partial charge in [0.25, 0.3) is 0 Å². The smallest absolute Gasteiger partial charge is 0.0585 e. The van der Waals surface area contributed by atoms with Crippen LogP contribution < -0.4 is 5.73 Å². The fourth-order valence-electron chi connectivity index (χ4n) is 3.71. The summed E-state index contributed by atoms with van der Waals surface area (Å²) < 4.78 is 5.99. The van der Waals surface area contributed by atoms with Gasteiger partial charge >= 0.3 is 0 Å². The van der Waals surface area contributed by atoms with Gasteiger partial charge in [-0.3, -0.25) is 0 Å². The summed E-state index contributed by atoms with van der Waals surface area (Å²) in [6.07, 6.45) is 11.4. The highest BCUT2D eigenvalue weighted by Gasteiger charge is 2.37. The molecule has 0 aromatic heterocycles. The van der Waals surface area contributed by atoms with Crippen molar-refractivity contribution in [3.8, 4) is 0 Å². The number of hydrogen-bond donors (Lipinski definition) is 1. The van der Waals surface area contributed by atoms with Crippen LogP contribution in [0.25, 0.3) is 0 Å². The molecule has 2 heteroatoms. The Balaban J connectivity index is 1.87. The number of hydrogen-bond acceptors (Lipinski definition) is 2. The van der Waals surface area contributed by atoms with Crippen LogP contribution in [0.5, 0.6) is 0 Å². The van der Waals surface area contributed by atoms with Gasteiger partial charge < -0.3 is 10.5 Å². The van der Waals surface area contributed by atoms with Crippen molar-refractivity contribution in [2.75, 3.05) is 6.54 Å². The van der Waals surface area contributed by atoms with Crippen molar-refractivity contribution in [3.63, 3.8) is 0 Å². The Hall–Kier alpha value is -0.0800. The van der Waals surface area contributed by atoms with Crippen molar-refractivity contribution < 1.29 is 4.74 Å². The third-order valence-corrected chi connectivity index (χ3v) is 5.16. The number of rotatable bonds is 4. The summed E-state index contributed by atoms with van der Waals surface area (Å²) in [7, 11) is 0. The second-order valence-corrected chi connectivity index (χ2v) is 6.41. The fourth-order valence-corrected chi connectivity index (χ4v) is 3.71. The van der Waals surface area contributed by atoms with E-state index in [-0.39, 0.29) is 0 Å². The molecule has 1 saturated carbocycles. The third-order valence-electron chi connectivity index (χ3n) is 5.16. The van der Waals surface area contributed by atoms with Crippen molar-refractivity contribution in [1.82, 2.24) is 0 Å². The van der Waals surface area contributed by atoms with Crippen LogP contribution in [0.1, 0.15) is 65.2 Å². The quantitative estimate of drug-likeness (QED) is 0.815. The molecule has 0 aromatic rings. The maximum Gasteiger partial charge on any atom is 0.0585 e. The van der Waals surface area contributed by atoms with Crippen LogP contribution in [0.2, 0.25) is 0 Å². The lowest BCUT2D eigenvalue weighted by Gasteiger charge is -2.40. The molecule has 0 radical (unpaired) electrons. The largest absolute Gasteiger partial charge is 0.375 e. The summed E-state index contributed by atoms with van der Waals surface area (Å²) in [6, 6.07) is 0. The van der Waals surface area contributed by atoms with Crippen LogP contribution in [-0.2, 0) is 4.74 Å². The lowest BCUT2D eigenvalue weighted by molar-refractivity contribution is 0.00823. The Morgan fingerprint density at radius 2 is 1.88 bits per heavy atom. The molecule has 0 aromatic carbocycles. The van der Waals surface area contributed by atoms with Crippen molar-refractivity contribution in [3.05, 3.63) is 0 Å². The zero-order chi connectivity index (χ0) is 12.3. The molecule has 2 aliphatic rings. The van der Waals surface area contributed by atoms with Gasteiger partial charge in [0.15, 0.2) is 0 Å². The zero-order valence-corrected chi connectivity index (χ0v) is 11.6. The van der Waals surface area contributed by atoms with E-state index < -0.39 is 0 Å². The van der Waals surface area contributed by atoms with E-state index in [0.717, 1.165) is 12.5 Å². The van der Waals surface area contributed by atoms with Gasteiger partial charge in [-0.2, -0.15) is 0 Å². The second-order valence-electron chi connectivity index (χ2n) is 6.41. The normalized spacial score (nSPS) is 42.9. The third kappa shape index (κ3) is 3.23. The predicted molar refractivity (Wildman–Crippen MR) is 71.9 cm³/mol. The maximum absolute atomic E-state index is 6.08. The molecule has 0 amide bonds. The van der Waals surface area contributed by atoms with Crippen molar-refractivity contribution >= 4 is 0 Å². The average Bonchev–Trinajstić information content (AvgIpc) is 2.75. The zero-order valence-electron chi connectivity index (χ0n) is 11.6. The SMILES string of the molecule is CCC1CCC(CN)(CC2CCC(C)O2)CC1. The monoisotopic (exact) mass is 239 g/mol. The Kier molecular flexibility index (Phi) is 4.48. The molecular weight excluding hydrogens is 210 g/mol. The summed E-state index contributed by atoms with van der Waals surface area (Å²) >= 11 is 0. The molecule has 2 rings (SSSR count). The Morgan fingerprint density at radius 3 is 2.35 bits per heavy atom. The lowest BCUT2D eigenvalue weighted by Crippen LogP contribution is -2.38. The van der Waals surface area contributed by atoms with Crippen molar-refractivity contribution in [1.29, 1.82) is 0 Å². The van der Waals surface area contributed by atoms with Crippen LogP contribution in [0.15, 0.2) is 0 Å². The van der Waals surface area contributed by atoms with Crippen LogP contribution in [0.3, 0.4) is 0 Å². The highest BCUT2D eigenvalue weighted by molar-refractivity contribution is 4.89. The summed E-state index contributed by atoms with van der Waals surface area (Å²) in [5.41, 5.74) is 6.49. The lowest BCUT2D eigenvalue weighted by atomic mass is 9.67. The maximum atomic E-state index is 6.08. The first-order valence-electron chi connectivity index (χ1n) is 7.53. The molecule has 2 nitrogen and oxygen atoms in total. The van der Waals surface area contributed by atoms with Gasteiger partial charge in [0.1, 0.15) is 0 Å². The molecule has 2 fully saturated rings. The van der Waals surface area contributed by atoms with E-state index in [2.05, 4.69) is 13.8 Å². The van der Waals surface area contributed by atoms with Crippen LogP contribution in [0, 0.1) is 11.3 Å². The van der Waals surface area contributed by atoms with Gasteiger partial charge in [-0.25, -0.2) is 0 Å². The molecular formula is C15H29NO. The highest BCUT2D eigenvalue weighted by atomic mass is 16.5. The van der Waals surface area contributed by atoms with Gasteiger partial charge in [-0.15, -0.1) is 0 Å². The molecule has 1 aliphatic heterocycles. The molecule has 100 valence electrons. The van der Waals surface area contributed by atoms with Gasteiger partial charge in [0, 0.05) is 0 Å². The van der Waals surface area contributed by atoms with E-state index >= 15 is 0 Å². The Labute approximate surface area is 106 Å². The summed E-state index contributed by atoms with van der Waals surface area (Å²) in [5, 5.41) is 0. The Morgan fingerprint density at radius 1 is 1.18 bits per heavy atom. The molecule has 1 saturated heterocycles. The highest BCUT2D eigenvalue weighted by Crippen LogP contribution is 2.44. The van der Waals surface area contributed by atoms with E-state index in [4.69, 9.17) is 10.5 Å². The van der Waals surface area contributed by atoms with Crippen LogP contribution in [-0.4, -0.2) is 18.8 Å². The fraction of sp³-hybridized carbons (Fsp3) is 1.00. The first kappa shape index (κ1) is 13.4. The Bertz CT molecular complexity index is 233. The molecule has 1 aliphatic carbocycles. The first-order chi connectivity index (χ1) is 8.17. The van der Waals surface area contributed by atoms with Crippen LogP contribution in [0.4, 0.5) is 0 Å². The van der Waals surface area contributed by atoms with Gasteiger partial charge in [-0.05, 0) is 69.7 Å². The summed E-state index contributed by atoms with van der Waals surface area (Å²) in [4.78, 5) is 0. The standard InChI is InChI=1S/C15H29NO/c1-3-13-6-8-15(11-16,9-7-13)10-14-5-4-12(2)17-14/h12-14H,3-11,16H2,1-2H3. The summed E-state index contributed by atoms with van der Waals surface area (Å²) in [6.45, 7) is 5.38. The minimum atomic E-state index is 0.403. The second kappa shape index (κ2) is 5.71. The van der Waals surface area contributed by atoms with E-state index in [1.807, 2.05) is 0 Å². The van der Waals surface area contributed by atoms with Crippen LogP contribution >= 0.6 is 0 Å². The molecule has 2 atom stereocenters. The summed E-state index contributed by atoms with van der Waals surface area (Å²) in [5.74, 6) is 0.957. The van der Waals surface area contributed by atoms with E-state index in [1.54, 1.807) is 0 Å². The van der Waals surface area contributed by atoms with E-state index in [0.29, 0.717) is 17.6 Å². The van der Waals surface area contributed by atoms with Gasteiger partial charge in [0.2, 0.25) is 0 Å². The van der Waals surface area contributed by atoms with Crippen molar-refractivity contribution in [2.24, 2.45) is 17.1 Å². The number of nitrogens with two attached hydrogens (primary N) is 1.